The molecule has 28 heavy (non-hydrogen) atoms. The van der Waals surface area contributed by atoms with Gasteiger partial charge in [-0.3, -0.25) is 0 Å². The summed E-state index contributed by atoms with van der Waals surface area (Å²) in [6.45, 7) is 25.9. The monoisotopic (exact) mass is 434 g/mol. The Balaban J connectivity index is 0. The molecule has 0 rings (SSSR count). The van der Waals surface area contributed by atoms with Crippen LogP contribution in [-0.2, 0) is 8.85 Å². The van der Waals surface area contributed by atoms with E-state index in [1.54, 1.807) is 0 Å². The molecule has 0 amide bonds. The van der Waals surface area contributed by atoms with Gasteiger partial charge in [0.25, 0.3) is 0 Å². The minimum atomic E-state index is -1.55. The SMILES string of the molecule is CCO[Si](CCCN)(C(C)C)C(C)C.CCO[Si](CCCN)(C(C)C)C(C)C. The van der Waals surface area contributed by atoms with Crippen molar-refractivity contribution in [3.05, 3.63) is 0 Å². The van der Waals surface area contributed by atoms with E-state index >= 15 is 0 Å². The number of rotatable bonds is 14. The predicted molar refractivity (Wildman–Crippen MR) is 132 cm³/mol. The lowest BCUT2D eigenvalue weighted by molar-refractivity contribution is 0.303. The number of hydrogen-bond acceptors (Lipinski definition) is 4. The normalized spacial score (nSPS) is 12.9. The van der Waals surface area contributed by atoms with Crippen LogP contribution in [0.5, 0.6) is 0 Å². The lowest BCUT2D eigenvalue weighted by Gasteiger charge is -2.38. The number of nitrogens with two attached hydrogens (primary N) is 2. The van der Waals surface area contributed by atoms with Gasteiger partial charge in [-0.2, -0.15) is 0 Å². The summed E-state index contributed by atoms with van der Waals surface area (Å²) in [6.07, 6.45) is 2.23. The third-order valence-electron chi connectivity index (χ3n) is 6.28. The van der Waals surface area contributed by atoms with Gasteiger partial charge in [-0.15, -0.1) is 0 Å². The van der Waals surface area contributed by atoms with Crippen LogP contribution in [0.25, 0.3) is 0 Å². The maximum atomic E-state index is 6.14. The Kier molecular flexibility index (Phi) is 17.4. The van der Waals surface area contributed by atoms with Crippen molar-refractivity contribution in [2.24, 2.45) is 11.5 Å². The summed E-state index contributed by atoms with van der Waals surface area (Å²) in [6, 6.07) is 2.43. The second-order valence-electron chi connectivity index (χ2n) is 9.18. The fourth-order valence-electron chi connectivity index (χ4n) is 4.59. The highest BCUT2D eigenvalue weighted by Crippen LogP contribution is 2.38. The molecule has 0 heterocycles. The maximum Gasteiger partial charge on any atom is 0.197 e. The van der Waals surface area contributed by atoms with Crippen molar-refractivity contribution in [2.45, 2.75) is 116 Å². The van der Waals surface area contributed by atoms with Crippen molar-refractivity contribution in [1.82, 2.24) is 0 Å². The highest BCUT2D eigenvalue weighted by molar-refractivity contribution is 6.76. The summed E-state index contributed by atoms with van der Waals surface area (Å²) in [5, 5.41) is 0. The summed E-state index contributed by atoms with van der Waals surface area (Å²) < 4.78 is 12.3. The third kappa shape index (κ3) is 9.39. The number of hydrogen-bond donors (Lipinski definition) is 2. The average molecular weight is 435 g/mol. The van der Waals surface area contributed by atoms with Crippen molar-refractivity contribution in [2.75, 3.05) is 26.3 Å². The van der Waals surface area contributed by atoms with Gasteiger partial charge in [-0.1, -0.05) is 55.4 Å². The molecule has 0 aliphatic carbocycles. The van der Waals surface area contributed by atoms with E-state index in [2.05, 4.69) is 69.2 Å². The van der Waals surface area contributed by atoms with Crippen LogP contribution in [0.3, 0.4) is 0 Å². The zero-order valence-corrected chi connectivity index (χ0v) is 22.9. The first kappa shape index (κ1) is 30.5. The summed E-state index contributed by atoms with van der Waals surface area (Å²) in [4.78, 5) is 0. The maximum absolute atomic E-state index is 6.14. The third-order valence-corrected chi connectivity index (χ3v) is 18.0. The molecule has 0 atom stereocenters. The van der Waals surface area contributed by atoms with Crippen molar-refractivity contribution in [1.29, 1.82) is 0 Å². The molecule has 0 saturated carbocycles. The molecule has 0 radical (unpaired) electrons. The van der Waals surface area contributed by atoms with Crippen LogP contribution in [-0.4, -0.2) is 42.9 Å². The zero-order valence-electron chi connectivity index (χ0n) is 20.9. The van der Waals surface area contributed by atoms with Gasteiger partial charge >= 0.3 is 0 Å². The lowest BCUT2D eigenvalue weighted by atomic mass is 10.5. The molecule has 172 valence electrons. The first-order valence-electron chi connectivity index (χ1n) is 11.7. The summed E-state index contributed by atoms with van der Waals surface area (Å²) in [7, 11) is -3.10. The van der Waals surface area contributed by atoms with Crippen molar-refractivity contribution >= 4 is 16.6 Å². The Morgan fingerprint density at radius 3 is 0.964 bits per heavy atom. The van der Waals surface area contributed by atoms with Crippen molar-refractivity contribution in [3.8, 4) is 0 Å². The molecular formula is C22H54N2O2Si2. The van der Waals surface area contributed by atoms with E-state index in [9.17, 15) is 0 Å². The van der Waals surface area contributed by atoms with E-state index in [4.69, 9.17) is 20.3 Å². The molecular weight excluding hydrogens is 380 g/mol. The minimum absolute atomic E-state index is 0.689. The fourth-order valence-corrected chi connectivity index (χ4v) is 13.8. The zero-order chi connectivity index (χ0) is 22.4. The molecule has 6 heteroatoms. The molecule has 4 N–H and O–H groups in total. The van der Waals surface area contributed by atoms with Gasteiger partial charge in [0.05, 0.1) is 0 Å². The molecule has 0 bridgehead atoms. The summed E-state index contributed by atoms with van der Waals surface area (Å²) in [5.41, 5.74) is 14.0. The van der Waals surface area contributed by atoms with Gasteiger partial charge in [0.2, 0.25) is 0 Å². The second-order valence-corrected chi connectivity index (χ2v) is 19.2. The van der Waals surface area contributed by atoms with Crippen LogP contribution in [0.2, 0.25) is 34.3 Å². The van der Waals surface area contributed by atoms with Crippen LogP contribution in [0, 0.1) is 0 Å². The highest BCUT2D eigenvalue weighted by Gasteiger charge is 2.41. The molecule has 0 fully saturated rings. The molecule has 0 saturated heterocycles. The van der Waals surface area contributed by atoms with Crippen LogP contribution in [0.1, 0.15) is 82.1 Å². The van der Waals surface area contributed by atoms with E-state index in [0.29, 0.717) is 22.2 Å². The van der Waals surface area contributed by atoms with Crippen LogP contribution in [0.4, 0.5) is 0 Å². The standard InChI is InChI=1S/2C11H27NOSi/c2*1-6-13-14(10(2)3,11(4)5)9-7-8-12/h2*10-11H,6-9,12H2,1-5H3. The Morgan fingerprint density at radius 2 is 0.821 bits per heavy atom. The first-order chi connectivity index (χ1) is 13.0. The van der Waals surface area contributed by atoms with Gasteiger partial charge in [0.15, 0.2) is 16.6 Å². The van der Waals surface area contributed by atoms with Crippen molar-refractivity contribution < 1.29 is 8.85 Å². The smallest absolute Gasteiger partial charge is 0.197 e. The van der Waals surface area contributed by atoms with Crippen LogP contribution in [0.15, 0.2) is 0 Å². The topological polar surface area (TPSA) is 70.5 Å². The summed E-state index contributed by atoms with van der Waals surface area (Å²) >= 11 is 0. The molecule has 4 nitrogen and oxygen atoms in total. The fraction of sp³-hybridized carbons (Fsp3) is 1.00. The lowest BCUT2D eigenvalue weighted by Crippen LogP contribution is -2.45. The molecule has 0 aliphatic rings. The first-order valence-corrected chi connectivity index (χ1v) is 16.2. The Labute approximate surface area is 179 Å². The Bertz CT molecular complexity index is 314. The second kappa shape index (κ2) is 16.0. The van der Waals surface area contributed by atoms with Gasteiger partial charge in [0.1, 0.15) is 0 Å². The summed E-state index contributed by atoms with van der Waals surface area (Å²) in [5.74, 6) is 0. The van der Waals surface area contributed by atoms with E-state index in [1.165, 1.54) is 12.1 Å². The van der Waals surface area contributed by atoms with Gasteiger partial charge < -0.3 is 20.3 Å². The molecule has 0 aliphatic heterocycles. The van der Waals surface area contributed by atoms with Gasteiger partial charge in [0, 0.05) is 13.2 Å². The van der Waals surface area contributed by atoms with E-state index in [0.717, 1.165) is 39.1 Å². The molecule has 0 aromatic carbocycles. The van der Waals surface area contributed by atoms with E-state index in [-0.39, 0.29) is 0 Å². The molecule has 0 aromatic rings. The van der Waals surface area contributed by atoms with Crippen molar-refractivity contribution in [3.63, 3.8) is 0 Å². The van der Waals surface area contributed by atoms with E-state index in [1.807, 2.05) is 0 Å². The van der Waals surface area contributed by atoms with Gasteiger partial charge in [-0.25, -0.2) is 0 Å². The predicted octanol–water partition coefficient (Wildman–Crippen LogP) is 6.27. The largest absolute Gasteiger partial charge is 0.417 e. The van der Waals surface area contributed by atoms with Gasteiger partial charge in [-0.05, 0) is 74.0 Å². The molecule has 0 unspecified atom stereocenters. The van der Waals surface area contributed by atoms with E-state index < -0.39 is 16.6 Å². The molecule has 0 aromatic heterocycles. The molecule has 0 spiro atoms. The Hall–Kier alpha value is 0.274. The highest BCUT2D eigenvalue weighted by atomic mass is 28.4. The van der Waals surface area contributed by atoms with Crippen LogP contribution < -0.4 is 11.5 Å². The van der Waals surface area contributed by atoms with Crippen LogP contribution >= 0.6 is 0 Å². The Morgan fingerprint density at radius 1 is 0.571 bits per heavy atom. The quantitative estimate of drug-likeness (QED) is 0.316. The average Bonchev–Trinajstić information content (AvgIpc) is 2.61. The minimum Gasteiger partial charge on any atom is -0.417 e.